The van der Waals surface area contributed by atoms with E-state index in [1.807, 2.05) is 0 Å². The molecule has 40 heavy (non-hydrogen) atoms. The molecule has 0 aliphatic carbocycles. The average molecular weight is 651 g/mol. The maximum atomic E-state index is 12.5. The normalized spacial score (nSPS) is 36.8. The Balaban J connectivity index is 1.38. The molecule has 2 aliphatic heterocycles. The number of thiophene rings is 1. The first kappa shape index (κ1) is 32.1. The van der Waals surface area contributed by atoms with Gasteiger partial charge in [0.2, 0.25) is 0 Å². The number of nitrogens with zero attached hydrogens (tertiary/aromatic N) is 2. The van der Waals surface area contributed by atoms with Gasteiger partial charge >= 0.3 is 14.5 Å². The van der Waals surface area contributed by atoms with Crippen molar-refractivity contribution in [1.29, 1.82) is 0 Å². The Kier molecular flexibility index (Phi) is 9.95. The van der Waals surface area contributed by atoms with Crippen molar-refractivity contribution in [2.45, 2.75) is 61.2 Å². The van der Waals surface area contributed by atoms with Crippen LogP contribution in [0.25, 0.3) is 10.2 Å². The first-order valence-corrected chi connectivity index (χ1v) is 16.4. The Labute approximate surface area is 234 Å². The third-order valence-electron chi connectivity index (χ3n) is 6.18. The summed E-state index contributed by atoms with van der Waals surface area (Å²) in [6, 6.07) is -0.971. The summed E-state index contributed by atoms with van der Waals surface area (Å²) in [5, 5.41) is 61.0. The number of ether oxygens (including phenoxy) is 2. The summed E-state index contributed by atoms with van der Waals surface area (Å²) in [5.74, 6) is 0.249. The van der Waals surface area contributed by atoms with Crippen LogP contribution in [0.4, 0.5) is 5.82 Å². The highest BCUT2D eigenvalue weighted by Crippen LogP contribution is 2.61. The Morgan fingerprint density at radius 1 is 1.12 bits per heavy atom. The van der Waals surface area contributed by atoms with E-state index in [1.165, 1.54) is 17.7 Å². The summed E-state index contributed by atoms with van der Waals surface area (Å²) >= 11 is 6.00. The number of hydrogen-bond donors (Lipinski definition) is 10. The summed E-state index contributed by atoms with van der Waals surface area (Å²) in [4.78, 5) is 28.5. The Morgan fingerprint density at radius 2 is 1.82 bits per heavy atom. The van der Waals surface area contributed by atoms with Crippen LogP contribution in [0.2, 0.25) is 0 Å². The molecular formula is C18H28N4O14P2S2. The van der Waals surface area contributed by atoms with Gasteiger partial charge in [-0.25, -0.2) is 18.8 Å². The molecule has 12 N–H and O–H groups in total. The van der Waals surface area contributed by atoms with Crippen molar-refractivity contribution in [2.24, 2.45) is 5.73 Å². The van der Waals surface area contributed by atoms with Crippen molar-refractivity contribution in [2.75, 3.05) is 18.9 Å². The van der Waals surface area contributed by atoms with E-state index in [1.54, 1.807) is 5.38 Å². The Hall–Kier alpha value is -0.840. The second-order valence-corrected chi connectivity index (χ2v) is 14.2. The van der Waals surface area contributed by atoms with E-state index < -0.39 is 88.9 Å². The lowest BCUT2D eigenvalue weighted by atomic mass is 9.96. The smallest absolute Gasteiger partial charge is 0.394 e. The first-order valence-electron chi connectivity index (χ1n) is 11.4. The molecule has 4 heterocycles. The minimum atomic E-state index is -5.41. The van der Waals surface area contributed by atoms with E-state index in [4.69, 9.17) is 42.4 Å². The summed E-state index contributed by atoms with van der Waals surface area (Å²) in [6.45, 7) is -6.18. The number of nitrogen functional groups attached to an aromatic ring is 1. The molecule has 0 spiro atoms. The van der Waals surface area contributed by atoms with E-state index in [9.17, 15) is 39.9 Å². The van der Waals surface area contributed by atoms with Crippen LogP contribution in [0.15, 0.2) is 11.7 Å². The van der Waals surface area contributed by atoms with Gasteiger partial charge in [-0.15, -0.1) is 11.3 Å². The maximum Gasteiger partial charge on any atom is 0.481 e. The van der Waals surface area contributed by atoms with Crippen molar-refractivity contribution < 1.29 is 67.8 Å². The first-order chi connectivity index (χ1) is 18.7. The number of phosphoric ester groups is 1. The van der Waals surface area contributed by atoms with Gasteiger partial charge in [-0.2, -0.15) is 0 Å². The summed E-state index contributed by atoms with van der Waals surface area (Å²) in [6.07, 6.45) is -13.8. The van der Waals surface area contributed by atoms with Crippen LogP contribution < -0.4 is 11.5 Å². The third-order valence-corrected chi connectivity index (χ3v) is 10.7. The maximum absolute atomic E-state index is 12.5. The molecule has 18 nitrogen and oxygen atoms in total. The molecular weight excluding hydrogens is 622 g/mol. The highest BCUT2D eigenvalue weighted by molar-refractivity contribution is 8.08. The van der Waals surface area contributed by atoms with E-state index in [0.29, 0.717) is 15.8 Å². The highest BCUT2D eigenvalue weighted by atomic mass is 32.5. The molecule has 22 heteroatoms. The average Bonchev–Trinajstić information content (AvgIpc) is 3.43. The van der Waals surface area contributed by atoms with Gasteiger partial charge in [0.05, 0.1) is 29.5 Å². The number of hydrogen-bond acceptors (Lipinski definition) is 18. The zero-order valence-electron chi connectivity index (χ0n) is 20.1. The van der Waals surface area contributed by atoms with Crippen molar-refractivity contribution >= 4 is 53.7 Å². The Bertz CT molecular complexity index is 1290. The number of phosphoric acid groups is 1. The van der Waals surface area contributed by atoms with E-state index in [-0.39, 0.29) is 5.82 Å². The van der Waals surface area contributed by atoms with Crippen molar-refractivity contribution in [3.8, 4) is 0 Å². The molecule has 12 atom stereocenters. The van der Waals surface area contributed by atoms with Gasteiger partial charge in [-0.05, 0) is 17.2 Å². The molecule has 0 amide bonds. The zero-order chi connectivity index (χ0) is 29.6. The second kappa shape index (κ2) is 12.4. The third kappa shape index (κ3) is 6.70. The minimum Gasteiger partial charge on any atom is -0.394 e. The lowest BCUT2D eigenvalue weighted by molar-refractivity contribution is -0.292. The molecule has 2 aromatic rings. The summed E-state index contributed by atoms with van der Waals surface area (Å²) in [5.41, 5.74) is 13.0. The van der Waals surface area contributed by atoms with Crippen LogP contribution >= 0.6 is 25.9 Å². The second-order valence-electron chi connectivity index (χ2n) is 8.90. The number of anilines is 1. The van der Waals surface area contributed by atoms with Crippen molar-refractivity contribution in [3.05, 3.63) is 17.3 Å². The molecule has 2 fully saturated rings. The van der Waals surface area contributed by atoms with Crippen LogP contribution in [-0.4, -0.2) is 119 Å². The lowest BCUT2D eigenvalue weighted by Gasteiger charge is -2.41. The predicted octanol–water partition coefficient (Wildman–Crippen LogP) is -3.07. The van der Waals surface area contributed by atoms with Crippen LogP contribution in [0.5, 0.6) is 0 Å². The van der Waals surface area contributed by atoms with Gasteiger partial charge in [0, 0.05) is 5.56 Å². The number of aliphatic hydroxyl groups excluding tert-OH is 6. The molecule has 2 aromatic heterocycles. The number of nitrogens with two attached hydrogens (primary N) is 2. The molecule has 226 valence electrons. The number of aliphatic hydroxyl groups is 6. The quantitative estimate of drug-likeness (QED) is 0.114. The van der Waals surface area contributed by atoms with Crippen molar-refractivity contribution in [3.63, 3.8) is 0 Å². The van der Waals surface area contributed by atoms with Crippen LogP contribution in [-0.2, 0) is 39.2 Å². The summed E-state index contributed by atoms with van der Waals surface area (Å²) < 4.78 is 38.2. The van der Waals surface area contributed by atoms with Gasteiger partial charge in [-0.1, -0.05) is 0 Å². The predicted molar refractivity (Wildman–Crippen MR) is 138 cm³/mol. The van der Waals surface area contributed by atoms with E-state index in [0.717, 1.165) is 0 Å². The van der Waals surface area contributed by atoms with Crippen molar-refractivity contribution in [1.82, 2.24) is 9.97 Å². The van der Waals surface area contributed by atoms with Crippen LogP contribution in [0, 0.1) is 0 Å². The van der Waals surface area contributed by atoms with Gasteiger partial charge in [-0.3, -0.25) is 4.52 Å². The highest BCUT2D eigenvalue weighted by Gasteiger charge is 2.50. The molecule has 0 bridgehead atoms. The fourth-order valence-electron chi connectivity index (χ4n) is 4.15. The van der Waals surface area contributed by atoms with Crippen LogP contribution in [0.3, 0.4) is 0 Å². The van der Waals surface area contributed by atoms with Gasteiger partial charge < -0.3 is 65.9 Å². The number of rotatable bonds is 10. The molecule has 0 radical (unpaired) electrons. The Morgan fingerprint density at radius 3 is 2.50 bits per heavy atom. The minimum absolute atomic E-state index is 0.249. The monoisotopic (exact) mass is 650 g/mol. The topological polar surface area (TPSA) is 303 Å². The molecule has 2 saturated heterocycles. The van der Waals surface area contributed by atoms with Gasteiger partial charge in [0.15, 0.2) is 6.29 Å². The van der Waals surface area contributed by atoms with E-state index >= 15 is 0 Å². The standard InChI is InChI=1S/C18H28N4O14P2S2/c19-8-10(25)7(33-14(8)5-3-40-16-9(5)21-4-22-17(16)20)2-32-38(31,39)36-37(29,30)35-18-13(28)11(26)12(27)15(34-18)6(24)1-23/h3-4,6-8,10-15,18,23-28H,1-2,19H2,(H,29,30)(H,31,39)(H2,20,21,22)/t6-,7+,8+,10+,11?,12?,13?,14-,15?,18?,38?/m0/s1. The molecule has 7 unspecified atom stereocenters. The number of aromatic nitrogens is 2. The van der Waals surface area contributed by atoms with E-state index in [2.05, 4.69) is 18.8 Å². The largest absolute Gasteiger partial charge is 0.481 e. The SMILES string of the molecule is Nc1ncnc2c([C@@H]3O[C@H](COP(O)(=S)OP(=O)(O)OC4OC([C@@H](O)CO)C(O)C(O)C4O)[C@@H](O)[C@H]3N)csc12. The fraction of sp³-hybridized carbons (Fsp3) is 0.667. The molecule has 4 rings (SSSR count). The molecule has 2 aliphatic rings. The van der Waals surface area contributed by atoms with Crippen LogP contribution in [0.1, 0.15) is 11.7 Å². The zero-order valence-corrected chi connectivity index (χ0v) is 23.6. The van der Waals surface area contributed by atoms with Gasteiger partial charge in [0.1, 0.15) is 61.0 Å². The summed E-state index contributed by atoms with van der Waals surface area (Å²) in [7, 11) is -5.41. The molecule has 0 saturated carbocycles. The lowest BCUT2D eigenvalue weighted by Crippen LogP contribution is -2.61. The fourth-order valence-corrected chi connectivity index (χ4v) is 8.19. The molecule has 0 aromatic carbocycles. The van der Waals surface area contributed by atoms with Gasteiger partial charge in [0.25, 0.3) is 0 Å². The number of fused-ring (bicyclic) bond motifs is 1.